The Labute approximate surface area is 107 Å². The first kappa shape index (κ1) is 14.0. The number of guanidine groups is 1. The molecule has 0 saturated carbocycles. The van der Waals surface area contributed by atoms with Crippen molar-refractivity contribution in [2.45, 2.75) is 19.8 Å². The van der Waals surface area contributed by atoms with Crippen molar-refractivity contribution < 1.29 is 4.79 Å². The fourth-order valence-corrected chi connectivity index (χ4v) is 1.43. The predicted molar refractivity (Wildman–Crippen MR) is 70.3 cm³/mol. The smallest absolute Gasteiger partial charge is 0.324 e. The van der Waals surface area contributed by atoms with Crippen molar-refractivity contribution in [1.29, 1.82) is 5.41 Å². The molecule has 1 heterocycles. The minimum atomic E-state index is -0.333. The maximum absolute atomic E-state index is 11.7. The van der Waals surface area contributed by atoms with Crippen LogP contribution in [0.1, 0.15) is 19.0 Å². The molecule has 0 fully saturated rings. The molecule has 0 aliphatic carbocycles. The molecule has 6 heteroatoms. The lowest BCUT2D eigenvalue weighted by molar-refractivity contribution is 0.220. The first-order valence-electron chi connectivity index (χ1n) is 5.94. The molecule has 0 aliphatic rings. The van der Waals surface area contributed by atoms with Crippen LogP contribution in [0.4, 0.5) is 4.79 Å². The summed E-state index contributed by atoms with van der Waals surface area (Å²) in [5, 5.41) is 10.1. The second-order valence-electron chi connectivity index (χ2n) is 3.84. The summed E-state index contributed by atoms with van der Waals surface area (Å²) < 4.78 is 0. The lowest BCUT2D eigenvalue weighted by atomic mass is 10.2. The first-order chi connectivity index (χ1) is 8.65. The number of carbonyl (C=O) groups is 1. The Kier molecular flexibility index (Phi) is 5.63. The average molecular weight is 249 g/mol. The van der Waals surface area contributed by atoms with Crippen molar-refractivity contribution >= 4 is 12.0 Å². The molecular weight excluding hydrogens is 230 g/mol. The van der Waals surface area contributed by atoms with Gasteiger partial charge in [-0.25, -0.2) is 4.79 Å². The summed E-state index contributed by atoms with van der Waals surface area (Å²) in [6.45, 7) is 2.89. The third kappa shape index (κ3) is 4.40. The topological polar surface area (TPSA) is 95.1 Å². The monoisotopic (exact) mass is 249 g/mol. The van der Waals surface area contributed by atoms with Crippen LogP contribution in [0.3, 0.4) is 0 Å². The SMILES string of the molecule is CCCNC(=O)N(CCc1ccccn1)C(=N)N. The molecule has 98 valence electrons. The number of hydrogen-bond acceptors (Lipinski definition) is 3. The molecule has 0 aromatic carbocycles. The second kappa shape index (κ2) is 7.26. The molecule has 0 spiro atoms. The van der Waals surface area contributed by atoms with Gasteiger partial charge in [-0.15, -0.1) is 0 Å². The van der Waals surface area contributed by atoms with E-state index in [-0.39, 0.29) is 12.0 Å². The fourth-order valence-electron chi connectivity index (χ4n) is 1.43. The van der Waals surface area contributed by atoms with Gasteiger partial charge in [0.15, 0.2) is 5.96 Å². The molecule has 0 saturated heterocycles. The van der Waals surface area contributed by atoms with Gasteiger partial charge in [0.1, 0.15) is 0 Å². The number of urea groups is 1. The van der Waals surface area contributed by atoms with Crippen molar-refractivity contribution in [2.24, 2.45) is 5.73 Å². The van der Waals surface area contributed by atoms with E-state index < -0.39 is 0 Å². The summed E-state index contributed by atoms with van der Waals surface area (Å²) in [4.78, 5) is 17.1. The highest BCUT2D eigenvalue weighted by Gasteiger charge is 2.15. The first-order valence-corrected chi connectivity index (χ1v) is 5.94. The van der Waals surface area contributed by atoms with Gasteiger partial charge in [0.25, 0.3) is 0 Å². The maximum atomic E-state index is 11.7. The van der Waals surface area contributed by atoms with Crippen LogP contribution >= 0.6 is 0 Å². The van der Waals surface area contributed by atoms with Crippen molar-refractivity contribution in [3.8, 4) is 0 Å². The van der Waals surface area contributed by atoms with Crippen LogP contribution < -0.4 is 11.1 Å². The zero-order chi connectivity index (χ0) is 13.4. The predicted octanol–water partition coefficient (Wildman–Crippen LogP) is 0.939. The Morgan fingerprint density at radius 3 is 2.89 bits per heavy atom. The number of nitrogens with one attached hydrogen (secondary N) is 2. The van der Waals surface area contributed by atoms with E-state index in [1.165, 1.54) is 4.90 Å². The highest BCUT2D eigenvalue weighted by atomic mass is 16.2. The van der Waals surface area contributed by atoms with Crippen LogP contribution in [-0.4, -0.2) is 35.0 Å². The number of rotatable bonds is 5. The van der Waals surface area contributed by atoms with Crippen molar-refractivity contribution in [1.82, 2.24) is 15.2 Å². The zero-order valence-corrected chi connectivity index (χ0v) is 10.5. The molecule has 0 bridgehead atoms. The van der Waals surface area contributed by atoms with Crippen LogP contribution in [0.25, 0.3) is 0 Å². The van der Waals surface area contributed by atoms with E-state index >= 15 is 0 Å². The molecule has 2 amide bonds. The van der Waals surface area contributed by atoms with E-state index in [2.05, 4.69) is 10.3 Å². The zero-order valence-electron chi connectivity index (χ0n) is 10.5. The molecule has 18 heavy (non-hydrogen) atoms. The van der Waals surface area contributed by atoms with E-state index in [0.717, 1.165) is 12.1 Å². The highest BCUT2D eigenvalue weighted by molar-refractivity contribution is 5.93. The number of carbonyl (C=O) groups excluding carboxylic acids is 1. The molecule has 1 aromatic rings. The highest BCUT2D eigenvalue weighted by Crippen LogP contribution is 1.98. The Bertz CT molecular complexity index is 393. The molecule has 0 unspecified atom stereocenters. The summed E-state index contributed by atoms with van der Waals surface area (Å²) in [6, 6.07) is 5.26. The van der Waals surface area contributed by atoms with Gasteiger partial charge in [-0.2, -0.15) is 0 Å². The summed E-state index contributed by atoms with van der Waals surface area (Å²) in [6.07, 6.45) is 3.11. The van der Waals surface area contributed by atoms with Crippen LogP contribution in [0.15, 0.2) is 24.4 Å². The normalized spacial score (nSPS) is 9.83. The summed E-state index contributed by atoms with van der Waals surface area (Å²) in [7, 11) is 0. The van der Waals surface area contributed by atoms with E-state index in [1.54, 1.807) is 6.20 Å². The summed E-state index contributed by atoms with van der Waals surface area (Å²) in [5.41, 5.74) is 6.27. The van der Waals surface area contributed by atoms with Gasteiger partial charge in [0.05, 0.1) is 0 Å². The molecule has 1 aromatic heterocycles. The van der Waals surface area contributed by atoms with E-state index in [4.69, 9.17) is 11.1 Å². The third-order valence-electron chi connectivity index (χ3n) is 2.38. The van der Waals surface area contributed by atoms with Gasteiger partial charge in [0, 0.05) is 31.4 Å². The van der Waals surface area contributed by atoms with Crippen LogP contribution in [-0.2, 0) is 6.42 Å². The van der Waals surface area contributed by atoms with Crippen molar-refractivity contribution in [3.05, 3.63) is 30.1 Å². The number of pyridine rings is 1. The van der Waals surface area contributed by atoms with Gasteiger partial charge < -0.3 is 11.1 Å². The molecule has 1 rings (SSSR count). The van der Waals surface area contributed by atoms with Crippen LogP contribution in [0, 0.1) is 5.41 Å². The second-order valence-corrected chi connectivity index (χ2v) is 3.84. The van der Waals surface area contributed by atoms with Gasteiger partial charge >= 0.3 is 6.03 Å². The standard InChI is InChI=1S/C12H19N5O/c1-2-7-16-12(18)17(11(13)14)9-6-10-5-3-4-8-15-10/h3-5,8H,2,6-7,9H2,1H3,(H3,13,14)(H,16,18). The molecule has 0 aliphatic heterocycles. The van der Waals surface area contributed by atoms with Gasteiger partial charge in [-0.05, 0) is 18.6 Å². The van der Waals surface area contributed by atoms with Crippen LogP contribution in [0.5, 0.6) is 0 Å². The number of nitrogens with two attached hydrogens (primary N) is 1. The molecular formula is C12H19N5O. The Hall–Kier alpha value is -2.11. The number of nitrogens with zero attached hydrogens (tertiary/aromatic N) is 2. The van der Waals surface area contributed by atoms with Crippen molar-refractivity contribution in [3.63, 3.8) is 0 Å². The Balaban J connectivity index is 2.53. The number of aromatic nitrogens is 1. The lowest BCUT2D eigenvalue weighted by Gasteiger charge is -2.20. The van der Waals surface area contributed by atoms with Gasteiger partial charge in [-0.1, -0.05) is 13.0 Å². The van der Waals surface area contributed by atoms with Gasteiger partial charge in [0.2, 0.25) is 0 Å². The Morgan fingerprint density at radius 1 is 1.56 bits per heavy atom. The fraction of sp³-hybridized carbons (Fsp3) is 0.417. The van der Waals surface area contributed by atoms with Gasteiger partial charge in [-0.3, -0.25) is 15.3 Å². The number of amides is 2. The average Bonchev–Trinajstić information content (AvgIpc) is 2.37. The summed E-state index contributed by atoms with van der Waals surface area (Å²) >= 11 is 0. The minimum absolute atomic E-state index is 0.250. The molecule has 0 radical (unpaired) electrons. The Morgan fingerprint density at radius 2 is 2.33 bits per heavy atom. The van der Waals surface area contributed by atoms with Crippen LogP contribution in [0.2, 0.25) is 0 Å². The molecule has 6 nitrogen and oxygen atoms in total. The van der Waals surface area contributed by atoms with E-state index in [0.29, 0.717) is 19.5 Å². The van der Waals surface area contributed by atoms with E-state index in [9.17, 15) is 4.79 Å². The lowest BCUT2D eigenvalue weighted by Crippen LogP contribution is -2.48. The quantitative estimate of drug-likeness (QED) is 0.535. The molecule has 0 atom stereocenters. The summed E-state index contributed by atoms with van der Waals surface area (Å²) in [5.74, 6) is -0.250. The van der Waals surface area contributed by atoms with E-state index in [1.807, 2.05) is 25.1 Å². The maximum Gasteiger partial charge on any atom is 0.324 e. The third-order valence-corrected chi connectivity index (χ3v) is 2.38. The molecule has 4 N–H and O–H groups in total. The van der Waals surface area contributed by atoms with Crippen molar-refractivity contribution in [2.75, 3.05) is 13.1 Å². The minimum Gasteiger partial charge on any atom is -0.370 e. The number of hydrogen-bond donors (Lipinski definition) is 3. The largest absolute Gasteiger partial charge is 0.370 e.